The van der Waals surface area contributed by atoms with Crippen LogP contribution in [0.2, 0.25) is 5.15 Å². The van der Waals surface area contributed by atoms with E-state index >= 15 is 0 Å². The van der Waals surface area contributed by atoms with Crippen LogP contribution in [0.4, 0.5) is 15.9 Å². The van der Waals surface area contributed by atoms with Crippen molar-refractivity contribution in [3.8, 4) is 0 Å². The van der Waals surface area contributed by atoms with Crippen LogP contribution in [0.25, 0.3) is 0 Å². The van der Waals surface area contributed by atoms with Crippen LogP contribution in [0.1, 0.15) is 5.56 Å². The molecule has 6 nitrogen and oxygen atoms in total. The van der Waals surface area contributed by atoms with E-state index in [1.165, 1.54) is 17.0 Å². The van der Waals surface area contributed by atoms with E-state index in [1.807, 2.05) is 0 Å². The van der Waals surface area contributed by atoms with Crippen molar-refractivity contribution in [1.29, 1.82) is 0 Å². The Labute approximate surface area is 119 Å². The molecule has 20 heavy (non-hydrogen) atoms. The summed E-state index contributed by atoms with van der Waals surface area (Å²) >= 11 is 5.72. The number of nitro groups is 1. The Morgan fingerprint density at radius 3 is 2.85 bits per heavy atom. The maximum atomic E-state index is 13.1. The summed E-state index contributed by atoms with van der Waals surface area (Å²) < 4.78 is 13.1. The molecule has 0 saturated carbocycles. The maximum absolute atomic E-state index is 13.1. The van der Waals surface area contributed by atoms with Gasteiger partial charge in [0.2, 0.25) is 11.0 Å². The highest BCUT2D eigenvalue weighted by molar-refractivity contribution is 6.31. The maximum Gasteiger partial charge on any atom is 0.348 e. The van der Waals surface area contributed by atoms with Crippen LogP contribution >= 0.6 is 11.6 Å². The molecule has 0 N–H and O–H groups in total. The van der Waals surface area contributed by atoms with Crippen molar-refractivity contribution in [2.75, 3.05) is 11.9 Å². The van der Waals surface area contributed by atoms with E-state index in [9.17, 15) is 14.5 Å². The van der Waals surface area contributed by atoms with Crippen LogP contribution in [0.3, 0.4) is 0 Å². The Hall–Kier alpha value is -2.28. The number of hydrogen-bond donors (Lipinski definition) is 0. The van der Waals surface area contributed by atoms with E-state index in [4.69, 9.17) is 11.6 Å². The third-order valence-electron chi connectivity index (χ3n) is 2.61. The lowest BCUT2D eigenvalue weighted by molar-refractivity contribution is -0.384. The molecule has 0 aliphatic heterocycles. The van der Waals surface area contributed by atoms with Gasteiger partial charge in [0.05, 0.1) is 4.92 Å². The first-order valence-corrected chi connectivity index (χ1v) is 5.97. The molecular weight excluding hydrogens is 287 g/mol. The lowest BCUT2D eigenvalue weighted by Gasteiger charge is -2.17. The molecular formula is C12H10ClFN4O2. The number of aromatic nitrogens is 2. The third-order valence-corrected chi connectivity index (χ3v) is 2.89. The summed E-state index contributed by atoms with van der Waals surface area (Å²) in [6.45, 7) is 0.256. The van der Waals surface area contributed by atoms with E-state index < -0.39 is 4.92 Å². The minimum absolute atomic E-state index is 0.0826. The largest absolute Gasteiger partial charge is 0.349 e. The monoisotopic (exact) mass is 296 g/mol. The van der Waals surface area contributed by atoms with Gasteiger partial charge in [0.25, 0.3) is 0 Å². The topological polar surface area (TPSA) is 72.2 Å². The summed E-state index contributed by atoms with van der Waals surface area (Å²) in [4.78, 5) is 19.3. The number of rotatable bonds is 4. The molecule has 0 atom stereocenters. The van der Waals surface area contributed by atoms with Crippen LogP contribution in [0.5, 0.6) is 0 Å². The molecule has 1 aromatic carbocycles. The quantitative estimate of drug-likeness (QED) is 0.493. The highest BCUT2D eigenvalue weighted by atomic mass is 35.5. The molecule has 2 aromatic rings. The summed E-state index contributed by atoms with van der Waals surface area (Å²) in [5, 5.41) is 10.8. The zero-order valence-electron chi connectivity index (χ0n) is 10.5. The first-order valence-electron chi connectivity index (χ1n) is 5.59. The zero-order valence-corrected chi connectivity index (χ0v) is 11.2. The lowest BCUT2D eigenvalue weighted by Crippen LogP contribution is -2.19. The molecule has 0 aliphatic rings. The molecule has 0 radical (unpaired) electrons. The summed E-state index contributed by atoms with van der Waals surface area (Å²) in [5.41, 5.74) is 0.296. The predicted molar refractivity (Wildman–Crippen MR) is 72.2 cm³/mol. The van der Waals surface area contributed by atoms with Gasteiger partial charge in [-0.25, -0.2) is 14.4 Å². The average molecular weight is 297 g/mol. The molecule has 104 valence electrons. The molecule has 0 bridgehead atoms. The van der Waals surface area contributed by atoms with Crippen molar-refractivity contribution in [3.05, 3.63) is 57.2 Å². The average Bonchev–Trinajstić information content (AvgIpc) is 2.37. The van der Waals surface area contributed by atoms with E-state index in [0.29, 0.717) is 5.56 Å². The number of benzene rings is 1. The van der Waals surface area contributed by atoms with Gasteiger partial charge in [-0.15, -0.1) is 0 Å². The molecule has 0 amide bonds. The molecule has 0 spiro atoms. The fourth-order valence-corrected chi connectivity index (χ4v) is 1.97. The Kier molecular flexibility index (Phi) is 4.09. The van der Waals surface area contributed by atoms with Crippen molar-refractivity contribution < 1.29 is 9.31 Å². The van der Waals surface area contributed by atoms with Gasteiger partial charge >= 0.3 is 5.69 Å². The van der Waals surface area contributed by atoms with Gasteiger partial charge in [0, 0.05) is 13.6 Å². The van der Waals surface area contributed by atoms with Gasteiger partial charge in [-0.2, -0.15) is 0 Å². The van der Waals surface area contributed by atoms with Gasteiger partial charge in [-0.1, -0.05) is 23.7 Å². The molecule has 0 fully saturated rings. The molecule has 1 aromatic heterocycles. The molecule has 0 aliphatic carbocycles. The first kappa shape index (κ1) is 14.1. The van der Waals surface area contributed by atoms with Crippen molar-refractivity contribution in [3.63, 3.8) is 0 Å². The van der Waals surface area contributed by atoms with Gasteiger partial charge in [-0.05, 0) is 17.7 Å². The van der Waals surface area contributed by atoms with Gasteiger partial charge < -0.3 is 4.90 Å². The van der Waals surface area contributed by atoms with Crippen LogP contribution in [0.15, 0.2) is 30.6 Å². The molecule has 2 rings (SSSR count). The van der Waals surface area contributed by atoms with E-state index in [0.717, 1.165) is 6.33 Å². The highest BCUT2D eigenvalue weighted by Crippen LogP contribution is 2.31. The number of hydrogen-bond acceptors (Lipinski definition) is 5. The minimum Gasteiger partial charge on any atom is -0.349 e. The Morgan fingerprint density at radius 1 is 1.45 bits per heavy atom. The minimum atomic E-state index is -0.639. The Morgan fingerprint density at radius 2 is 2.20 bits per heavy atom. The fraction of sp³-hybridized carbons (Fsp3) is 0.167. The summed E-state index contributed by atoms with van der Waals surface area (Å²) in [6, 6.07) is 5.97. The van der Waals surface area contributed by atoms with Gasteiger partial charge in [0.15, 0.2) is 0 Å². The third kappa shape index (κ3) is 3.00. The first-order chi connectivity index (χ1) is 9.49. The number of halogens is 2. The highest BCUT2D eigenvalue weighted by Gasteiger charge is 2.24. The van der Waals surface area contributed by atoms with Crippen molar-refractivity contribution in [2.45, 2.75) is 6.54 Å². The molecule has 8 heteroatoms. The van der Waals surface area contributed by atoms with Crippen molar-refractivity contribution in [2.24, 2.45) is 0 Å². The molecule has 0 unspecified atom stereocenters. The standard InChI is InChI=1S/C12H10ClFN4O2/c1-17(6-8-3-2-4-9(14)5-8)12-10(18(19)20)11(13)15-7-16-12/h2-5,7H,6H2,1H3. The van der Waals surface area contributed by atoms with Gasteiger partial charge in [-0.3, -0.25) is 10.1 Å². The second-order valence-corrected chi connectivity index (χ2v) is 4.44. The number of anilines is 1. The van der Waals surface area contributed by atoms with E-state index in [2.05, 4.69) is 9.97 Å². The summed E-state index contributed by atoms with van der Waals surface area (Å²) in [5.74, 6) is -0.287. The molecule has 0 saturated heterocycles. The summed E-state index contributed by atoms with van der Waals surface area (Å²) in [7, 11) is 1.61. The second kappa shape index (κ2) is 5.79. The summed E-state index contributed by atoms with van der Waals surface area (Å²) in [6.07, 6.45) is 1.15. The van der Waals surface area contributed by atoms with E-state index in [1.54, 1.807) is 19.2 Å². The van der Waals surface area contributed by atoms with Gasteiger partial charge in [0.1, 0.15) is 12.1 Å². The zero-order chi connectivity index (χ0) is 14.7. The van der Waals surface area contributed by atoms with Crippen LogP contribution in [0, 0.1) is 15.9 Å². The van der Waals surface area contributed by atoms with Crippen LogP contribution in [-0.4, -0.2) is 21.9 Å². The van der Waals surface area contributed by atoms with Crippen molar-refractivity contribution >= 4 is 23.1 Å². The van der Waals surface area contributed by atoms with E-state index in [-0.39, 0.29) is 29.0 Å². The Balaban J connectivity index is 2.32. The fourth-order valence-electron chi connectivity index (χ4n) is 1.77. The Bertz CT molecular complexity index is 653. The number of nitrogens with zero attached hydrogens (tertiary/aromatic N) is 4. The lowest BCUT2D eigenvalue weighted by atomic mass is 10.2. The second-order valence-electron chi connectivity index (χ2n) is 4.08. The smallest absolute Gasteiger partial charge is 0.348 e. The normalized spacial score (nSPS) is 10.3. The van der Waals surface area contributed by atoms with Crippen molar-refractivity contribution in [1.82, 2.24) is 9.97 Å². The predicted octanol–water partition coefficient (Wildman–Crippen LogP) is 2.81. The van der Waals surface area contributed by atoms with Crippen LogP contribution in [-0.2, 0) is 6.54 Å². The SMILES string of the molecule is CN(Cc1cccc(F)c1)c1ncnc(Cl)c1[N+](=O)[O-]. The van der Waals surface area contributed by atoms with Crippen LogP contribution < -0.4 is 4.90 Å². The molecule has 1 heterocycles.